The van der Waals surface area contributed by atoms with Crippen molar-refractivity contribution in [3.63, 3.8) is 0 Å². The summed E-state index contributed by atoms with van der Waals surface area (Å²) in [6.45, 7) is 6.17. The van der Waals surface area contributed by atoms with Crippen LogP contribution < -0.4 is 11.0 Å². The van der Waals surface area contributed by atoms with Crippen LogP contribution in [-0.2, 0) is 11.3 Å². The number of aromatic nitrogens is 1. The lowest BCUT2D eigenvalue weighted by molar-refractivity contribution is -0.121. The molecule has 1 aromatic rings. The number of carbonyl (C=O) groups is 1. The second-order valence-electron chi connectivity index (χ2n) is 4.98. The molecule has 104 valence electrons. The summed E-state index contributed by atoms with van der Waals surface area (Å²) < 4.78 is 1.34. The Balaban J connectivity index is 2.46. The standard InChI is InChI=1S/C14H21N3O2/c1-11(2)7-8-12(3)15-16-13(18)10-17-9-5-4-6-14(17)19/h4-6,9,11H,7-8,10H2,1-3H3,(H,16,18)/b15-12-. The third-order valence-corrected chi connectivity index (χ3v) is 2.67. The predicted octanol–water partition coefficient (Wildman–Crippen LogP) is 1.78. The molecule has 0 fully saturated rings. The molecule has 0 aliphatic heterocycles. The first-order chi connectivity index (χ1) is 8.99. The first-order valence-corrected chi connectivity index (χ1v) is 6.46. The van der Waals surface area contributed by atoms with Gasteiger partial charge in [0.1, 0.15) is 6.54 Å². The summed E-state index contributed by atoms with van der Waals surface area (Å²) in [6.07, 6.45) is 3.49. The zero-order valence-corrected chi connectivity index (χ0v) is 11.7. The average molecular weight is 263 g/mol. The Morgan fingerprint density at radius 3 is 2.79 bits per heavy atom. The molecular weight excluding hydrogens is 242 g/mol. The van der Waals surface area contributed by atoms with Crippen LogP contribution in [0.4, 0.5) is 0 Å². The zero-order chi connectivity index (χ0) is 14.3. The van der Waals surface area contributed by atoms with Crippen molar-refractivity contribution in [1.29, 1.82) is 0 Å². The Morgan fingerprint density at radius 2 is 2.16 bits per heavy atom. The molecule has 0 saturated heterocycles. The highest BCUT2D eigenvalue weighted by atomic mass is 16.2. The van der Waals surface area contributed by atoms with Crippen LogP contribution in [0.3, 0.4) is 0 Å². The molecule has 1 rings (SSSR count). The Morgan fingerprint density at radius 1 is 1.42 bits per heavy atom. The monoisotopic (exact) mass is 263 g/mol. The minimum Gasteiger partial charge on any atom is -0.306 e. The van der Waals surface area contributed by atoms with Gasteiger partial charge in [-0.1, -0.05) is 19.9 Å². The number of hydrogen-bond donors (Lipinski definition) is 1. The van der Waals surface area contributed by atoms with Crippen molar-refractivity contribution in [3.05, 3.63) is 34.7 Å². The van der Waals surface area contributed by atoms with Crippen LogP contribution in [0.2, 0.25) is 0 Å². The van der Waals surface area contributed by atoms with Crippen LogP contribution in [0.15, 0.2) is 34.3 Å². The third kappa shape index (κ3) is 5.99. The largest absolute Gasteiger partial charge is 0.306 e. The molecule has 0 saturated carbocycles. The molecule has 0 aliphatic carbocycles. The van der Waals surface area contributed by atoms with Gasteiger partial charge in [-0.05, 0) is 31.7 Å². The van der Waals surface area contributed by atoms with Crippen LogP contribution in [0.1, 0.15) is 33.6 Å². The second-order valence-corrected chi connectivity index (χ2v) is 4.98. The Bertz CT molecular complexity index is 503. The normalized spacial score (nSPS) is 11.7. The molecule has 5 heteroatoms. The van der Waals surface area contributed by atoms with Gasteiger partial charge in [0.2, 0.25) is 0 Å². The summed E-state index contributed by atoms with van der Waals surface area (Å²) in [7, 11) is 0. The zero-order valence-electron chi connectivity index (χ0n) is 11.7. The van der Waals surface area contributed by atoms with Crippen LogP contribution in [0.5, 0.6) is 0 Å². The van der Waals surface area contributed by atoms with E-state index in [1.165, 1.54) is 10.6 Å². The summed E-state index contributed by atoms with van der Waals surface area (Å²) >= 11 is 0. The first kappa shape index (κ1) is 15.1. The lowest BCUT2D eigenvalue weighted by Crippen LogP contribution is -2.29. The molecule has 1 heterocycles. The molecule has 1 aromatic heterocycles. The van der Waals surface area contributed by atoms with Gasteiger partial charge in [-0.2, -0.15) is 5.10 Å². The van der Waals surface area contributed by atoms with Gasteiger partial charge >= 0.3 is 0 Å². The molecule has 0 radical (unpaired) electrons. The topological polar surface area (TPSA) is 63.5 Å². The SMILES string of the molecule is C/C(CCC(C)C)=N/NC(=O)Cn1ccccc1=O. The van der Waals surface area contributed by atoms with Gasteiger partial charge in [0.05, 0.1) is 0 Å². The van der Waals surface area contributed by atoms with Gasteiger partial charge in [-0.3, -0.25) is 9.59 Å². The molecule has 0 spiro atoms. The van der Waals surface area contributed by atoms with E-state index in [4.69, 9.17) is 0 Å². The number of nitrogens with one attached hydrogen (secondary N) is 1. The molecule has 0 unspecified atom stereocenters. The Kier molecular flexibility index (Phi) is 5.99. The Labute approximate surface area is 113 Å². The smallest absolute Gasteiger partial charge is 0.260 e. The van der Waals surface area contributed by atoms with Crippen molar-refractivity contribution in [2.24, 2.45) is 11.0 Å². The molecule has 0 bridgehead atoms. The van der Waals surface area contributed by atoms with E-state index >= 15 is 0 Å². The van der Waals surface area contributed by atoms with E-state index in [1.54, 1.807) is 18.3 Å². The number of nitrogens with zero attached hydrogens (tertiary/aromatic N) is 2. The molecule has 1 amide bonds. The number of amides is 1. The second kappa shape index (κ2) is 7.51. The van der Waals surface area contributed by atoms with E-state index in [-0.39, 0.29) is 18.0 Å². The lowest BCUT2D eigenvalue weighted by Gasteiger charge is -2.06. The van der Waals surface area contributed by atoms with E-state index < -0.39 is 0 Å². The van der Waals surface area contributed by atoms with Crippen molar-refractivity contribution in [3.8, 4) is 0 Å². The van der Waals surface area contributed by atoms with Gasteiger partial charge in [0, 0.05) is 18.0 Å². The van der Waals surface area contributed by atoms with Gasteiger partial charge < -0.3 is 4.57 Å². The maximum absolute atomic E-state index is 11.6. The number of rotatable bonds is 6. The van der Waals surface area contributed by atoms with Crippen molar-refractivity contribution >= 4 is 11.6 Å². The maximum atomic E-state index is 11.6. The van der Waals surface area contributed by atoms with Crippen molar-refractivity contribution in [2.75, 3.05) is 0 Å². The summed E-state index contributed by atoms with van der Waals surface area (Å²) in [5, 5.41) is 4.02. The molecular formula is C14H21N3O2. The van der Waals surface area contributed by atoms with E-state index in [0.717, 1.165) is 18.6 Å². The minimum absolute atomic E-state index is 0.0133. The summed E-state index contributed by atoms with van der Waals surface area (Å²) in [6, 6.07) is 4.78. The lowest BCUT2D eigenvalue weighted by atomic mass is 10.1. The fraction of sp³-hybridized carbons (Fsp3) is 0.500. The summed E-state index contributed by atoms with van der Waals surface area (Å²) in [4.78, 5) is 23.0. The highest BCUT2D eigenvalue weighted by molar-refractivity contribution is 5.84. The summed E-state index contributed by atoms with van der Waals surface area (Å²) in [5.74, 6) is 0.320. The van der Waals surface area contributed by atoms with Gasteiger partial charge in [0.25, 0.3) is 11.5 Å². The predicted molar refractivity (Wildman–Crippen MR) is 76.0 cm³/mol. The maximum Gasteiger partial charge on any atom is 0.260 e. The fourth-order valence-electron chi connectivity index (χ4n) is 1.49. The van der Waals surface area contributed by atoms with E-state index in [2.05, 4.69) is 24.4 Å². The van der Waals surface area contributed by atoms with Crippen molar-refractivity contribution in [1.82, 2.24) is 9.99 Å². The molecule has 0 aromatic carbocycles. The van der Waals surface area contributed by atoms with Crippen LogP contribution in [0, 0.1) is 5.92 Å². The fourth-order valence-corrected chi connectivity index (χ4v) is 1.49. The van der Waals surface area contributed by atoms with E-state index in [1.807, 2.05) is 6.92 Å². The molecule has 19 heavy (non-hydrogen) atoms. The highest BCUT2D eigenvalue weighted by Crippen LogP contribution is 2.03. The number of hydrazone groups is 1. The Hall–Kier alpha value is -1.91. The van der Waals surface area contributed by atoms with Gasteiger partial charge in [0.15, 0.2) is 0 Å². The molecule has 0 atom stereocenters. The molecule has 1 N–H and O–H groups in total. The van der Waals surface area contributed by atoms with Crippen LogP contribution in [0.25, 0.3) is 0 Å². The van der Waals surface area contributed by atoms with Crippen LogP contribution in [-0.4, -0.2) is 16.2 Å². The van der Waals surface area contributed by atoms with E-state index in [0.29, 0.717) is 5.92 Å². The number of pyridine rings is 1. The van der Waals surface area contributed by atoms with Crippen molar-refractivity contribution in [2.45, 2.75) is 40.2 Å². The number of carbonyl (C=O) groups excluding carboxylic acids is 1. The number of hydrogen-bond acceptors (Lipinski definition) is 3. The summed E-state index contributed by atoms with van der Waals surface area (Å²) in [5.41, 5.74) is 3.17. The van der Waals surface area contributed by atoms with Crippen LogP contribution >= 0.6 is 0 Å². The molecule has 0 aliphatic rings. The average Bonchev–Trinajstić information content (AvgIpc) is 2.36. The van der Waals surface area contributed by atoms with E-state index in [9.17, 15) is 9.59 Å². The quantitative estimate of drug-likeness (QED) is 0.628. The first-order valence-electron chi connectivity index (χ1n) is 6.46. The highest BCUT2D eigenvalue weighted by Gasteiger charge is 2.03. The van der Waals surface area contributed by atoms with Gasteiger partial charge in [-0.15, -0.1) is 0 Å². The minimum atomic E-state index is -0.294. The van der Waals surface area contributed by atoms with Crippen molar-refractivity contribution < 1.29 is 4.79 Å². The molecule has 5 nitrogen and oxygen atoms in total. The van der Waals surface area contributed by atoms with Gasteiger partial charge in [-0.25, -0.2) is 5.43 Å². The third-order valence-electron chi connectivity index (χ3n) is 2.67.